The Morgan fingerprint density at radius 3 is 2.38 bits per heavy atom. The number of carbonyl (C=O) groups excluding carboxylic acids is 3. The van der Waals surface area contributed by atoms with Crippen LogP contribution >= 0.6 is 0 Å². The van der Waals surface area contributed by atoms with Gasteiger partial charge in [-0.15, -0.1) is 0 Å². The van der Waals surface area contributed by atoms with Gasteiger partial charge in [0.05, 0.1) is 0 Å². The lowest BCUT2D eigenvalue weighted by molar-refractivity contribution is -0.126. The lowest BCUT2D eigenvalue weighted by Crippen LogP contribution is -2.41. The van der Waals surface area contributed by atoms with Gasteiger partial charge in [-0.1, -0.05) is 84.9 Å². The zero-order valence-electron chi connectivity index (χ0n) is 20.3. The molecule has 186 valence electrons. The van der Waals surface area contributed by atoms with Crippen LogP contribution in [-0.2, 0) is 16.1 Å². The van der Waals surface area contributed by atoms with Crippen molar-refractivity contribution in [1.29, 1.82) is 0 Å². The van der Waals surface area contributed by atoms with Crippen molar-refractivity contribution in [1.82, 2.24) is 15.7 Å². The summed E-state index contributed by atoms with van der Waals surface area (Å²) in [7, 11) is 1.61. The summed E-state index contributed by atoms with van der Waals surface area (Å²) in [6.45, 7) is 0.308. The summed E-state index contributed by atoms with van der Waals surface area (Å²) in [5.74, 6) is -1.31. The fraction of sp³-hybridized carbons (Fsp3) is 0.100. The third-order valence-corrected chi connectivity index (χ3v) is 6.05. The van der Waals surface area contributed by atoms with Crippen molar-refractivity contribution < 1.29 is 19.6 Å². The lowest BCUT2D eigenvalue weighted by Gasteiger charge is -2.28. The molecule has 0 saturated heterocycles. The number of fused-ring (bicyclic) bond motifs is 1. The molecule has 7 heteroatoms. The summed E-state index contributed by atoms with van der Waals surface area (Å²) in [6.07, 6.45) is 2.69. The van der Waals surface area contributed by atoms with Crippen LogP contribution in [0.4, 0.5) is 0 Å². The highest BCUT2D eigenvalue weighted by molar-refractivity contribution is 6.08. The van der Waals surface area contributed by atoms with E-state index in [1.54, 1.807) is 42.9 Å². The Balaban J connectivity index is 1.69. The number of hydrogen-bond acceptors (Lipinski definition) is 4. The second-order valence-electron chi connectivity index (χ2n) is 8.53. The molecule has 3 amide bonds. The zero-order chi connectivity index (χ0) is 26.2. The van der Waals surface area contributed by atoms with Gasteiger partial charge in [-0.2, -0.15) is 0 Å². The van der Waals surface area contributed by atoms with E-state index in [1.807, 2.05) is 66.7 Å². The van der Waals surface area contributed by atoms with Crippen molar-refractivity contribution in [3.63, 3.8) is 0 Å². The summed E-state index contributed by atoms with van der Waals surface area (Å²) in [5, 5.41) is 13.4. The van der Waals surface area contributed by atoms with E-state index in [0.29, 0.717) is 23.2 Å². The average Bonchev–Trinajstić information content (AvgIpc) is 2.95. The van der Waals surface area contributed by atoms with Crippen LogP contribution in [0.5, 0.6) is 0 Å². The number of nitrogens with one attached hydrogen (secondary N) is 2. The Morgan fingerprint density at radius 1 is 0.892 bits per heavy atom. The number of rotatable bonds is 8. The highest BCUT2D eigenvalue weighted by Crippen LogP contribution is 2.26. The quantitative estimate of drug-likeness (QED) is 0.191. The number of amides is 3. The predicted molar refractivity (Wildman–Crippen MR) is 142 cm³/mol. The zero-order valence-corrected chi connectivity index (χ0v) is 20.3. The first-order valence-electron chi connectivity index (χ1n) is 11.8. The van der Waals surface area contributed by atoms with Crippen LogP contribution in [-0.4, -0.2) is 34.9 Å². The largest absolute Gasteiger partial charge is 0.350 e. The van der Waals surface area contributed by atoms with Crippen molar-refractivity contribution in [2.24, 2.45) is 0 Å². The number of nitrogens with zero attached hydrogens (tertiary/aromatic N) is 1. The van der Waals surface area contributed by atoms with Gasteiger partial charge in [-0.3, -0.25) is 19.6 Å². The van der Waals surface area contributed by atoms with Gasteiger partial charge in [0.2, 0.25) is 5.91 Å². The highest BCUT2D eigenvalue weighted by atomic mass is 16.5. The molecule has 0 aliphatic carbocycles. The molecule has 0 aromatic heterocycles. The normalized spacial score (nSPS) is 11.7. The summed E-state index contributed by atoms with van der Waals surface area (Å²) in [4.78, 5) is 40.2. The lowest BCUT2D eigenvalue weighted by atomic mass is 9.99. The summed E-state index contributed by atoms with van der Waals surface area (Å²) >= 11 is 0. The molecule has 4 aromatic carbocycles. The molecule has 0 spiro atoms. The second-order valence-corrected chi connectivity index (χ2v) is 8.53. The van der Waals surface area contributed by atoms with Gasteiger partial charge in [-0.25, -0.2) is 5.48 Å². The van der Waals surface area contributed by atoms with Gasteiger partial charge in [0.15, 0.2) is 0 Å². The number of hydrogen-bond donors (Lipinski definition) is 3. The summed E-state index contributed by atoms with van der Waals surface area (Å²) < 4.78 is 0. The molecule has 0 bridgehead atoms. The van der Waals surface area contributed by atoms with Gasteiger partial charge >= 0.3 is 0 Å². The molecule has 3 N–H and O–H groups in total. The number of benzene rings is 4. The van der Waals surface area contributed by atoms with Gasteiger partial charge in [0, 0.05) is 25.2 Å². The Bertz CT molecular complexity index is 1440. The van der Waals surface area contributed by atoms with E-state index in [4.69, 9.17) is 5.21 Å². The molecule has 37 heavy (non-hydrogen) atoms. The Hall–Kier alpha value is -4.75. The molecular weight excluding hydrogens is 466 g/mol. The Labute approximate surface area is 215 Å². The SMILES string of the molecule is CN(C(=O)c1cccc2ccccc12)C(C(=O)NCc1ccccc1)c1cccc(/C=C/C(=O)NO)c1. The van der Waals surface area contributed by atoms with E-state index in [1.165, 1.54) is 17.1 Å². The highest BCUT2D eigenvalue weighted by Gasteiger charge is 2.30. The van der Waals surface area contributed by atoms with Crippen molar-refractivity contribution >= 4 is 34.6 Å². The number of likely N-dealkylation sites (N-methyl/N-ethyl adjacent to an activating group) is 1. The topological polar surface area (TPSA) is 98.7 Å². The summed E-state index contributed by atoms with van der Waals surface area (Å²) in [5.41, 5.74) is 4.19. The van der Waals surface area contributed by atoms with Crippen molar-refractivity contribution in [2.45, 2.75) is 12.6 Å². The molecule has 0 radical (unpaired) electrons. The fourth-order valence-corrected chi connectivity index (χ4v) is 4.19. The van der Waals surface area contributed by atoms with E-state index < -0.39 is 11.9 Å². The first-order chi connectivity index (χ1) is 18.0. The van der Waals surface area contributed by atoms with Crippen LogP contribution in [0.25, 0.3) is 16.8 Å². The minimum Gasteiger partial charge on any atom is -0.350 e. The first-order valence-corrected chi connectivity index (χ1v) is 11.8. The van der Waals surface area contributed by atoms with E-state index in [0.717, 1.165) is 16.3 Å². The maximum atomic E-state index is 13.7. The standard InChI is InChI=1S/C30H27N3O4/c1-33(30(36)26-16-8-13-23-12-5-6-15-25(23)26)28(29(35)31-20-22-9-3-2-4-10-22)24-14-7-11-21(19-24)17-18-27(34)32-37/h2-19,28,37H,20H2,1H3,(H,31,35)(H,32,34)/b18-17+. The first kappa shape index (κ1) is 25.3. The number of hydroxylamine groups is 1. The molecule has 0 saturated carbocycles. The third-order valence-electron chi connectivity index (χ3n) is 6.05. The molecule has 4 aromatic rings. The van der Waals surface area contributed by atoms with Crippen LogP contribution in [0.3, 0.4) is 0 Å². The van der Waals surface area contributed by atoms with Gasteiger partial charge in [0.25, 0.3) is 11.8 Å². The third kappa shape index (κ3) is 6.09. The monoisotopic (exact) mass is 493 g/mol. The van der Waals surface area contributed by atoms with E-state index in [2.05, 4.69) is 5.32 Å². The van der Waals surface area contributed by atoms with Crippen LogP contribution in [0.1, 0.15) is 33.1 Å². The van der Waals surface area contributed by atoms with Crippen LogP contribution in [0.15, 0.2) is 103 Å². The van der Waals surface area contributed by atoms with Crippen LogP contribution in [0, 0.1) is 0 Å². The molecule has 1 atom stereocenters. The minimum atomic E-state index is -0.935. The smallest absolute Gasteiger partial charge is 0.267 e. The maximum absolute atomic E-state index is 13.7. The molecule has 0 heterocycles. The van der Waals surface area contributed by atoms with Crippen LogP contribution in [0.2, 0.25) is 0 Å². The fourth-order valence-electron chi connectivity index (χ4n) is 4.19. The van der Waals surface area contributed by atoms with Gasteiger partial charge in [-0.05, 0) is 45.7 Å². The van der Waals surface area contributed by atoms with Crippen molar-refractivity contribution in [2.75, 3.05) is 7.05 Å². The Kier molecular flexibility index (Phi) is 8.08. The molecule has 0 fully saturated rings. The second kappa shape index (κ2) is 11.8. The van der Waals surface area contributed by atoms with Crippen LogP contribution < -0.4 is 10.8 Å². The summed E-state index contributed by atoms with van der Waals surface area (Å²) in [6, 6.07) is 28.7. The maximum Gasteiger partial charge on any atom is 0.267 e. The van der Waals surface area contributed by atoms with Gasteiger partial charge < -0.3 is 10.2 Å². The van der Waals surface area contributed by atoms with Gasteiger partial charge in [0.1, 0.15) is 6.04 Å². The molecule has 7 nitrogen and oxygen atoms in total. The molecular formula is C30H27N3O4. The predicted octanol–water partition coefficient (Wildman–Crippen LogP) is 4.49. The minimum absolute atomic E-state index is 0.294. The molecule has 0 aliphatic heterocycles. The van der Waals surface area contributed by atoms with Crippen molar-refractivity contribution in [3.8, 4) is 0 Å². The molecule has 0 aliphatic rings. The number of carbonyl (C=O) groups is 3. The van der Waals surface area contributed by atoms with E-state index in [9.17, 15) is 14.4 Å². The molecule has 4 rings (SSSR count). The van der Waals surface area contributed by atoms with Crippen molar-refractivity contribution in [3.05, 3.63) is 125 Å². The van der Waals surface area contributed by atoms with E-state index in [-0.39, 0.29) is 11.8 Å². The average molecular weight is 494 g/mol. The van der Waals surface area contributed by atoms with E-state index >= 15 is 0 Å². The Morgan fingerprint density at radius 2 is 1.59 bits per heavy atom. The molecule has 1 unspecified atom stereocenters.